The zero-order valence-electron chi connectivity index (χ0n) is 11.4. The molecular formula is C15H15F3N2O. The van der Waals surface area contributed by atoms with Crippen LogP contribution in [0.3, 0.4) is 0 Å². The second-order valence-electron chi connectivity index (χ2n) is 5.81. The number of hydrogen-bond acceptors (Lipinski definition) is 3. The van der Waals surface area contributed by atoms with Gasteiger partial charge in [0.15, 0.2) is 0 Å². The van der Waals surface area contributed by atoms with E-state index in [0.717, 1.165) is 51.3 Å². The maximum atomic E-state index is 12.7. The van der Waals surface area contributed by atoms with Gasteiger partial charge in [-0.2, -0.15) is 18.4 Å². The van der Waals surface area contributed by atoms with Crippen LogP contribution in [0.2, 0.25) is 0 Å². The van der Waals surface area contributed by atoms with E-state index >= 15 is 0 Å². The molecule has 3 nitrogen and oxygen atoms in total. The second-order valence-corrected chi connectivity index (χ2v) is 5.81. The molecular weight excluding hydrogens is 281 g/mol. The molecule has 112 valence electrons. The fraction of sp³-hybridized carbons (Fsp3) is 0.533. The summed E-state index contributed by atoms with van der Waals surface area (Å²) in [6.07, 6.45) is -2.46. The molecule has 0 bridgehead atoms. The van der Waals surface area contributed by atoms with Gasteiger partial charge in [0, 0.05) is 31.7 Å². The summed E-state index contributed by atoms with van der Waals surface area (Å²) in [5.74, 6) is 0. The highest BCUT2D eigenvalue weighted by molar-refractivity contribution is 5.62. The van der Waals surface area contributed by atoms with Gasteiger partial charge in [0.1, 0.15) is 6.07 Å². The van der Waals surface area contributed by atoms with Crippen molar-refractivity contribution in [1.29, 1.82) is 5.26 Å². The first-order chi connectivity index (χ1) is 9.93. The molecule has 0 aliphatic carbocycles. The van der Waals surface area contributed by atoms with Gasteiger partial charge in [0.05, 0.1) is 16.8 Å². The molecule has 21 heavy (non-hydrogen) atoms. The van der Waals surface area contributed by atoms with Crippen LogP contribution in [0.15, 0.2) is 18.2 Å². The lowest BCUT2D eigenvalue weighted by atomic mass is 9.73. The Labute approximate surface area is 120 Å². The zero-order chi connectivity index (χ0) is 15.1. The molecule has 1 spiro atoms. The topological polar surface area (TPSA) is 36.3 Å². The molecule has 2 saturated heterocycles. The van der Waals surface area contributed by atoms with Crippen LogP contribution >= 0.6 is 0 Å². The lowest BCUT2D eigenvalue weighted by molar-refractivity contribution is -0.137. The van der Waals surface area contributed by atoms with Gasteiger partial charge >= 0.3 is 6.18 Å². The number of nitriles is 1. The molecule has 1 aromatic carbocycles. The largest absolute Gasteiger partial charge is 0.416 e. The lowest BCUT2D eigenvalue weighted by Gasteiger charge is -2.53. The summed E-state index contributed by atoms with van der Waals surface area (Å²) in [6, 6.07) is 5.27. The van der Waals surface area contributed by atoms with Gasteiger partial charge in [-0.15, -0.1) is 0 Å². The number of benzene rings is 1. The summed E-state index contributed by atoms with van der Waals surface area (Å²) in [4.78, 5) is 1.99. The molecule has 0 N–H and O–H groups in total. The first-order valence-electron chi connectivity index (χ1n) is 6.88. The predicted molar refractivity (Wildman–Crippen MR) is 70.9 cm³/mol. The highest BCUT2D eigenvalue weighted by Gasteiger charge is 2.44. The van der Waals surface area contributed by atoms with Gasteiger partial charge in [-0.1, -0.05) is 0 Å². The minimum atomic E-state index is -4.42. The van der Waals surface area contributed by atoms with E-state index in [1.54, 1.807) is 0 Å². The molecule has 0 aromatic heterocycles. The van der Waals surface area contributed by atoms with Crippen LogP contribution in [0.25, 0.3) is 0 Å². The quantitative estimate of drug-likeness (QED) is 0.798. The van der Waals surface area contributed by atoms with Crippen LogP contribution in [0.4, 0.5) is 18.9 Å². The van der Waals surface area contributed by atoms with Crippen molar-refractivity contribution in [2.45, 2.75) is 19.0 Å². The van der Waals surface area contributed by atoms with Crippen LogP contribution in [0.5, 0.6) is 0 Å². The molecule has 0 amide bonds. The highest BCUT2D eigenvalue weighted by Crippen LogP contribution is 2.43. The number of halogens is 3. The molecule has 2 fully saturated rings. The van der Waals surface area contributed by atoms with E-state index < -0.39 is 11.7 Å². The summed E-state index contributed by atoms with van der Waals surface area (Å²) < 4.78 is 43.4. The van der Waals surface area contributed by atoms with Crippen molar-refractivity contribution in [3.63, 3.8) is 0 Å². The van der Waals surface area contributed by atoms with Crippen molar-refractivity contribution in [3.05, 3.63) is 29.3 Å². The van der Waals surface area contributed by atoms with Gasteiger partial charge in [-0.3, -0.25) is 0 Å². The average molecular weight is 296 g/mol. The van der Waals surface area contributed by atoms with E-state index in [0.29, 0.717) is 5.69 Å². The Morgan fingerprint density at radius 2 is 1.86 bits per heavy atom. The molecule has 2 heterocycles. The van der Waals surface area contributed by atoms with E-state index in [9.17, 15) is 13.2 Å². The zero-order valence-corrected chi connectivity index (χ0v) is 11.4. The maximum absolute atomic E-state index is 12.7. The van der Waals surface area contributed by atoms with Crippen LogP contribution in [0, 0.1) is 16.7 Å². The van der Waals surface area contributed by atoms with Crippen LogP contribution in [0.1, 0.15) is 24.0 Å². The summed E-state index contributed by atoms with van der Waals surface area (Å²) >= 11 is 0. The first-order valence-corrected chi connectivity index (χ1v) is 6.88. The molecule has 2 aliphatic rings. The lowest BCUT2D eigenvalue weighted by Crippen LogP contribution is -2.58. The predicted octanol–water partition coefficient (Wildman–Crippen LogP) is 3.19. The second kappa shape index (κ2) is 4.92. The van der Waals surface area contributed by atoms with Crippen molar-refractivity contribution >= 4 is 5.69 Å². The SMILES string of the molecule is N#Cc1cc(C(F)(F)F)ccc1N1CC2(CCOCC2)C1. The fourth-order valence-electron chi connectivity index (χ4n) is 3.13. The molecule has 6 heteroatoms. The van der Waals surface area contributed by atoms with Crippen molar-refractivity contribution < 1.29 is 17.9 Å². The molecule has 0 unspecified atom stereocenters. The Morgan fingerprint density at radius 1 is 1.19 bits per heavy atom. The minimum absolute atomic E-state index is 0.0896. The summed E-state index contributed by atoms with van der Waals surface area (Å²) in [6.45, 7) is 3.06. The monoisotopic (exact) mass is 296 g/mol. The summed E-state index contributed by atoms with van der Waals surface area (Å²) in [5.41, 5.74) is 0.131. The van der Waals surface area contributed by atoms with Crippen molar-refractivity contribution in [2.24, 2.45) is 5.41 Å². The number of rotatable bonds is 1. The standard InChI is InChI=1S/C15H15F3N2O/c16-15(17,18)12-1-2-13(11(7-12)8-19)20-9-14(10-20)3-5-21-6-4-14/h1-2,7H,3-6,9-10H2. The third-order valence-electron chi connectivity index (χ3n) is 4.39. The normalized spacial score (nSPS) is 21.0. The third kappa shape index (κ3) is 2.58. The van der Waals surface area contributed by atoms with Crippen LogP contribution in [-0.2, 0) is 10.9 Å². The number of alkyl halides is 3. The highest BCUT2D eigenvalue weighted by atomic mass is 19.4. The molecule has 3 rings (SSSR count). The van der Waals surface area contributed by atoms with E-state index in [-0.39, 0.29) is 11.0 Å². The van der Waals surface area contributed by atoms with Gasteiger partial charge in [-0.05, 0) is 31.0 Å². The van der Waals surface area contributed by atoms with Gasteiger partial charge < -0.3 is 9.64 Å². The number of anilines is 1. The number of hydrogen-bond donors (Lipinski definition) is 0. The Hall–Kier alpha value is -1.74. The third-order valence-corrected chi connectivity index (χ3v) is 4.39. The van der Waals surface area contributed by atoms with Crippen LogP contribution < -0.4 is 4.90 Å². The number of ether oxygens (including phenoxy) is 1. The Bertz CT molecular complexity index is 578. The number of nitrogens with zero attached hydrogens (tertiary/aromatic N) is 2. The van der Waals surface area contributed by atoms with Gasteiger partial charge in [0.2, 0.25) is 0 Å². The van der Waals surface area contributed by atoms with Crippen LogP contribution in [-0.4, -0.2) is 26.3 Å². The smallest absolute Gasteiger partial charge is 0.381 e. The van der Waals surface area contributed by atoms with E-state index in [1.807, 2.05) is 11.0 Å². The molecule has 0 atom stereocenters. The maximum Gasteiger partial charge on any atom is 0.416 e. The molecule has 1 aromatic rings. The Kier molecular flexibility index (Phi) is 3.33. The van der Waals surface area contributed by atoms with E-state index in [1.165, 1.54) is 6.07 Å². The first kappa shape index (κ1) is 14.2. The van der Waals surface area contributed by atoms with Gasteiger partial charge in [0.25, 0.3) is 0 Å². The fourth-order valence-corrected chi connectivity index (χ4v) is 3.13. The minimum Gasteiger partial charge on any atom is -0.381 e. The van der Waals surface area contributed by atoms with E-state index in [2.05, 4.69) is 0 Å². The molecule has 0 saturated carbocycles. The Morgan fingerprint density at radius 3 is 2.43 bits per heavy atom. The van der Waals surface area contributed by atoms with Crippen molar-refractivity contribution in [3.8, 4) is 6.07 Å². The van der Waals surface area contributed by atoms with Crippen molar-refractivity contribution in [1.82, 2.24) is 0 Å². The van der Waals surface area contributed by atoms with E-state index in [4.69, 9.17) is 10.00 Å². The van der Waals surface area contributed by atoms with Gasteiger partial charge in [-0.25, -0.2) is 0 Å². The molecule has 0 radical (unpaired) electrons. The van der Waals surface area contributed by atoms with Crippen molar-refractivity contribution in [2.75, 3.05) is 31.2 Å². The Balaban J connectivity index is 1.80. The summed E-state index contributed by atoms with van der Waals surface area (Å²) in [7, 11) is 0. The summed E-state index contributed by atoms with van der Waals surface area (Å²) in [5, 5.41) is 9.11. The molecule has 2 aliphatic heterocycles. The average Bonchev–Trinajstić information content (AvgIpc) is 2.44.